The summed E-state index contributed by atoms with van der Waals surface area (Å²) in [5, 5.41) is 2.90. The number of unbranched alkanes of at least 4 members (excludes halogenated alkanes) is 1. The molecule has 0 aliphatic heterocycles. The van der Waals surface area contributed by atoms with Crippen molar-refractivity contribution in [3.8, 4) is 11.5 Å². The first kappa shape index (κ1) is 32.3. The van der Waals surface area contributed by atoms with Gasteiger partial charge in [-0.05, 0) is 74.4 Å². The smallest absolute Gasteiger partial charge is 0.264 e. The molecule has 0 spiro atoms. The molecule has 2 amide bonds. The van der Waals surface area contributed by atoms with Crippen LogP contribution in [-0.4, -0.2) is 44.3 Å². The number of nitrogens with zero attached hydrogens (tertiary/aromatic N) is 2. The van der Waals surface area contributed by atoms with Gasteiger partial charge in [-0.2, -0.15) is 0 Å². The summed E-state index contributed by atoms with van der Waals surface area (Å²) in [5.41, 5.74) is 2.19. The summed E-state index contributed by atoms with van der Waals surface area (Å²) in [4.78, 5) is 28.7. The Kier molecular flexibility index (Phi) is 11.2. The minimum absolute atomic E-state index is 0.0489. The van der Waals surface area contributed by atoms with Gasteiger partial charge in [0.1, 0.15) is 24.1 Å². The van der Waals surface area contributed by atoms with Crippen molar-refractivity contribution in [2.45, 2.75) is 51.1 Å². The van der Waals surface area contributed by atoms with E-state index in [9.17, 15) is 18.0 Å². The molecule has 0 aliphatic rings. The highest BCUT2D eigenvalue weighted by Crippen LogP contribution is 2.28. The van der Waals surface area contributed by atoms with Crippen molar-refractivity contribution >= 4 is 27.5 Å². The van der Waals surface area contributed by atoms with E-state index in [1.165, 1.54) is 17.0 Å². The number of ether oxygens (including phenoxy) is 1. The zero-order chi connectivity index (χ0) is 31.5. The fraction of sp³-hybridized carbons (Fsp3) is 0.257. The van der Waals surface area contributed by atoms with Crippen LogP contribution in [0.25, 0.3) is 0 Å². The van der Waals surface area contributed by atoms with Crippen LogP contribution in [0.2, 0.25) is 0 Å². The van der Waals surface area contributed by atoms with E-state index >= 15 is 0 Å². The maximum Gasteiger partial charge on any atom is 0.264 e. The van der Waals surface area contributed by atoms with E-state index < -0.39 is 28.5 Å². The zero-order valence-corrected chi connectivity index (χ0v) is 26.2. The lowest BCUT2D eigenvalue weighted by molar-refractivity contribution is -0.139. The molecule has 4 aromatic rings. The number of anilines is 1. The van der Waals surface area contributed by atoms with Crippen molar-refractivity contribution in [2.24, 2.45) is 0 Å². The molecule has 0 heterocycles. The topological polar surface area (TPSA) is 96.0 Å². The molecule has 4 aromatic carbocycles. The number of amides is 2. The predicted molar refractivity (Wildman–Crippen MR) is 173 cm³/mol. The summed E-state index contributed by atoms with van der Waals surface area (Å²) in [7, 11) is -4.15. The van der Waals surface area contributed by atoms with E-state index in [1.54, 1.807) is 49.4 Å². The van der Waals surface area contributed by atoms with E-state index in [1.807, 2.05) is 68.4 Å². The maximum absolute atomic E-state index is 14.1. The molecular formula is C35H39N3O5S. The molecule has 44 heavy (non-hydrogen) atoms. The molecule has 8 nitrogen and oxygen atoms in total. The standard InChI is InChI=1S/C35H39N3O5S/c1-4-5-24-36-35(40)28(3)37(25-29-18-16-27(2)17-19-29)34(39)26-38(44(41,42)33-14-10-7-11-15-33)30-20-22-32(23-21-30)43-31-12-8-6-9-13-31/h6-23,28H,4-5,24-26H2,1-3H3,(H,36,40). The average molecular weight is 614 g/mol. The number of benzene rings is 4. The van der Waals surface area contributed by atoms with Crippen molar-refractivity contribution in [2.75, 3.05) is 17.4 Å². The number of carbonyl (C=O) groups is 2. The quantitative estimate of drug-likeness (QED) is 0.168. The van der Waals surface area contributed by atoms with Crippen LogP contribution in [0.3, 0.4) is 0 Å². The van der Waals surface area contributed by atoms with Crippen LogP contribution in [0.1, 0.15) is 37.8 Å². The Morgan fingerprint density at radius 3 is 2.02 bits per heavy atom. The molecule has 4 rings (SSSR count). The molecule has 0 aromatic heterocycles. The molecule has 0 saturated carbocycles. The second kappa shape index (κ2) is 15.2. The minimum atomic E-state index is -4.15. The lowest BCUT2D eigenvalue weighted by atomic mass is 10.1. The third kappa shape index (κ3) is 8.48. The van der Waals surface area contributed by atoms with Crippen molar-refractivity contribution in [1.29, 1.82) is 0 Å². The number of para-hydroxylation sites is 1. The predicted octanol–water partition coefficient (Wildman–Crippen LogP) is 6.32. The summed E-state index contributed by atoms with van der Waals surface area (Å²) in [6, 6.07) is 30.6. The normalized spacial score (nSPS) is 11.8. The van der Waals surface area contributed by atoms with Gasteiger partial charge in [-0.25, -0.2) is 8.42 Å². The van der Waals surface area contributed by atoms with Crippen LogP contribution < -0.4 is 14.4 Å². The molecule has 0 fully saturated rings. The molecule has 0 bridgehead atoms. The summed E-state index contributed by atoms with van der Waals surface area (Å²) < 4.78 is 34.9. The molecular weight excluding hydrogens is 574 g/mol. The lowest BCUT2D eigenvalue weighted by Crippen LogP contribution is -2.51. The monoisotopic (exact) mass is 613 g/mol. The van der Waals surface area contributed by atoms with E-state index in [2.05, 4.69) is 5.32 Å². The van der Waals surface area contributed by atoms with Gasteiger partial charge in [0.15, 0.2) is 0 Å². The summed E-state index contributed by atoms with van der Waals surface area (Å²) in [6.45, 7) is 5.81. The van der Waals surface area contributed by atoms with Gasteiger partial charge < -0.3 is 15.0 Å². The van der Waals surface area contributed by atoms with E-state index in [0.29, 0.717) is 18.0 Å². The molecule has 1 atom stereocenters. The molecule has 1 N–H and O–H groups in total. The Balaban J connectivity index is 1.66. The highest BCUT2D eigenvalue weighted by molar-refractivity contribution is 7.92. The molecule has 1 unspecified atom stereocenters. The first-order chi connectivity index (χ1) is 21.2. The van der Waals surface area contributed by atoms with E-state index in [0.717, 1.165) is 28.3 Å². The number of aryl methyl sites for hydroxylation is 1. The minimum Gasteiger partial charge on any atom is -0.457 e. The number of sulfonamides is 1. The van der Waals surface area contributed by atoms with Crippen LogP contribution in [-0.2, 0) is 26.2 Å². The van der Waals surface area contributed by atoms with Gasteiger partial charge in [0.25, 0.3) is 10.0 Å². The second-order valence-corrected chi connectivity index (χ2v) is 12.4. The van der Waals surface area contributed by atoms with Gasteiger partial charge in [0, 0.05) is 13.1 Å². The molecule has 9 heteroatoms. The Labute approximate surface area is 260 Å². The van der Waals surface area contributed by atoms with Gasteiger partial charge in [0.05, 0.1) is 10.6 Å². The van der Waals surface area contributed by atoms with Gasteiger partial charge in [-0.15, -0.1) is 0 Å². The number of carbonyl (C=O) groups excluding carboxylic acids is 2. The van der Waals surface area contributed by atoms with Crippen molar-refractivity contribution in [1.82, 2.24) is 10.2 Å². The van der Waals surface area contributed by atoms with Gasteiger partial charge in [0.2, 0.25) is 11.8 Å². The number of nitrogens with one attached hydrogen (secondary N) is 1. The maximum atomic E-state index is 14.1. The average Bonchev–Trinajstić information content (AvgIpc) is 3.04. The first-order valence-electron chi connectivity index (χ1n) is 14.7. The van der Waals surface area contributed by atoms with Crippen LogP contribution in [0.15, 0.2) is 114 Å². The fourth-order valence-electron chi connectivity index (χ4n) is 4.56. The molecule has 0 radical (unpaired) electrons. The van der Waals surface area contributed by atoms with Crippen LogP contribution in [0.4, 0.5) is 5.69 Å². The number of rotatable bonds is 14. The molecule has 0 aliphatic carbocycles. The first-order valence-corrected chi connectivity index (χ1v) is 16.2. The van der Waals surface area contributed by atoms with Gasteiger partial charge >= 0.3 is 0 Å². The highest BCUT2D eigenvalue weighted by Gasteiger charge is 2.32. The van der Waals surface area contributed by atoms with E-state index in [4.69, 9.17) is 4.74 Å². The Bertz CT molecular complexity index is 1610. The molecule has 230 valence electrons. The van der Waals surface area contributed by atoms with Gasteiger partial charge in [-0.3, -0.25) is 13.9 Å². The summed E-state index contributed by atoms with van der Waals surface area (Å²) >= 11 is 0. The van der Waals surface area contributed by atoms with Gasteiger partial charge in [-0.1, -0.05) is 79.6 Å². The van der Waals surface area contributed by atoms with Crippen LogP contribution in [0.5, 0.6) is 11.5 Å². The van der Waals surface area contributed by atoms with E-state index in [-0.39, 0.29) is 23.0 Å². The van der Waals surface area contributed by atoms with Crippen molar-refractivity contribution in [3.05, 3.63) is 120 Å². The zero-order valence-electron chi connectivity index (χ0n) is 25.3. The van der Waals surface area contributed by atoms with Crippen LogP contribution >= 0.6 is 0 Å². The summed E-state index contributed by atoms with van der Waals surface area (Å²) in [5.74, 6) is 0.357. The number of hydrogen-bond acceptors (Lipinski definition) is 5. The highest BCUT2D eigenvalue weighted by atomic mass is 32.2. The Morgan fingerprint density at radius 2 is 1.41 bits per heavy atom. The SMILES string of the molecule is CCCCNC(=O)C(C)N(Cc1ccc(C)cc1)C(=O)CN(c1ccc(Oc2ccccc2)cc1)S(=O)(=O)c1ccccc1. The third-order valence-corrected chi connectivity index (χ3v) is 8.97. The Hall–Kier alpha value is -4.63. The lowest BCUT2D eigenvalue weighted by Gasteiger charge is -2.32. The van der Waals surface area contributed by atoms with Crippen molar-refractivity contribution in [3.63, 3.8) is 0 Å². The fourth-order valence-corrected chi connectivity index (χ4v) is 6.00. The number of hydrogen-bond donors (Lipinski definition) is 1. The van der Waals surface area contributed by atoms with Crippen molar-refractivity contribution < 1.29 is 22.7 Å². The summed E-state index contributed by atoms with van der Waals surface area (Å²) in [6.07, 6.45) is 1.74. The third-order valence-electron chi connectivity index (χ3n) is 7.18. The van der Waals surface area contributed by atoms with Crippen LogP contribution in [0, 0.1) is 6.92 Å². The second-order valence-electron chi connectivity index (χ2n) is 10.6. The molecule has 0 saturated heterocycles. The largest absolute Gasteiger partial charge is 0.457 e. The Morgan fingerprint density at radius 1 is 0.818 bits per heavy atom.